The van der Waals surface area contributed by atoms with Crippen LogP contribution in [0.1, 0.15) is 43.0 Å². The Morgan fingerprint density at radius 2 is 2.26 bits per heavy atom. The summed E-state index contributed by atoms with van der Waals surface area (Å²) < 4.78 is 1.83. The monoisotopic (exact) mass is 266 g/mol. The van der Waals surface area contributed by atoms with Gasteiger partial charge in [0.05, 0.1) is 5.69 Å². The fourth-order valence-electron chi connectivity index (χ4n) is 3.15. The predicted molar refractivity (Wildman–Crippen MR) is 75.7 cm³/mol. The van der Waals surface area contributed by atoms with Gasteiger partial charge in [-0.1, -0.05) is 12.8 Å². The van der Waals surface area contributed by atoms with Crippen LogP contribution in [0.2, 0.25) is 0 Å². The van der Waals surface area contributed by atoms with Gasteiger partial charge in [0, 0.05) is 44.0 Å². The number of nitrogens with two attached hydrogens (primary N) is 1. The average Bonchev–Trinajstić information content (AvgIpc) is 2.75. The first-order valence-electron chi connectivity index (χ1n) is 7.22. The van der Waals surface area contributed by atoms with Gasteiger partial charge in [0.1, 0.15) is 0 Å². The molecule has 108 valence electrons. The zero-order valence-corrected chi connectivity index (χ0v) is 12.0. The van der Waals surface area contributed by atoms with Crippen molar-refractivity contribution < 1.29 is 5.11 Å². The molecule has 0 amide bonds. The number of aliphatic hydroxyl groups is 1. The van der Waals surface area contributed by atoms with Gasteiger partial charge >= 0.3 is 0 Å². The molecule has 4 N–H and O–H groups in total. The highest BCUT2D eigenvalue weighted by molar-refractivity contribution is 5.20. The van der Waals surface area contributed by atoms with Crippen molar-refractivity contribution in [2.24, 2.45) is 18.7 Å². The van der Waals surface area contributed by atoms with E-state index in [-0.39, 0.29) is 12.6 Å². The lowest BCUT2D eigenvalue weighted by atomic mass is 9.84. The molecule has 1 fully saturated rings. The van der Waals surface area contributed by atoms with E-state index in [1.165, 1.54) is 18.4 Å². The van der Waals surface area contributed by atoms with Gasteiger partial charge in [0.15, 0.2) is 0 Å². The number of nitrogens with one attached hydrogen (secondary N) is 1. The van der Waals surface area contributed by atoms with E-state index in [0.717, 1.165) is 18.5 Å². The Morgan fingerprint density at radius 1 is 1.53 bits per heavy atom. The third-order valence-electron chi connectivity index (χ3n) is 4.22. The second-order valence-corrected chi connectivity index (χ2v) is 5.63. The number of nitrogens with zero attached hydrogens (tertiary/aromatic N) is 2. The molecular formula is C14H26N4O. The number of aliphatic hydroxyl groups excluding tert-OH is 1. The molecule has 1 saturated carbocycles. The average molecular weight is 266 g/mol. The maximum Gasteiger partial charge on any atom is 0.0641 e. The van der Waals surface area contributed by atoms with Crippen molar-refractivity contribution in [1.29, 1.82) is 0 Å². The van der Waals surface area contributed by atoms with E-state index in [4.69, 9.17) is 5.73 Å². The Morgan fingerprint density at radius 3 is 2.84 bits per heavy atom. The minimum absolute atomic E-state index is 0.130. The van der Waals surface area contributed by atoms with E-state index in [0.29, 0.717) is 18.5 Å². The minimum atomic E-state index is 0.130. The number of rotatable bonds is 5. The summed E-state index contributed by atoms with van der Waals surface area (Å²) in [6.07, 6.45) is 6.73. The Balaban J connectivity index is 2.07. The highest BCUT2D eigenvalue weighted by Crippen LogP contribution is 2.26. The van der Waals surface area contributed by atoms with Gasteiger partial charge in [0.2, 0.25) is 0 Å². The summed E-state index contributed by atoms with van der Waals surface area (Å²) in [5.74, 6) is 0.361. The number of hydrogen-bond donors (Lipinski definition) is 3. The zero-order chi connectivity index (χ0) is 13.8. The van der Waals surface area contributed by atoms with Crippen LogP contribution in [-0.4, -0.2) is 34.1 Å². The lowest BCUT2D eigenvalue weighted by Crippen LogP contribution is -2.44. The maximum absolute atomic E-state index is 9.49. The van der Waals surface area contributed by atoms with Crippen LogP contribution in [0.5, 0.6) is 0 Å². The third-order valence-corrected chi connectivity index (χ3v) is 4.22. The Labute approximate surface area is 115 Å². The van der Waals surface area contributed by atoms with E-state index in [1.54, 1.807) is 0 Å². The van der Waals surface area contributed by atoms with Crippen LogP contribution >= 0.6 is 0 Å². The van der Waals surface area contributed by atoms with Gasteiger partial charge in [0.25, 0.3) is 0 Å². The Bertz CT molecular complexity index is 404. The molecule has 0 bridgehead atoms. The van der Waals surface area contributed by atoms with Crippen LogP contribution in [0.4, 0.5) is 0 Å². The Kier molecular flexibility index (Phi) is 4.96. The van der Waals surface area contributed by atoms with Gasteiger partial charge in [-0.25, -0.2) is 0 Å². The lowest BCUT2D eigenvalue weighted by Gasteiger charge is -2.34. The van der Waals surface area contributed by atoms with Crippen LogP contribution in [0, 0.1) is 12.8 Å². The van der Waals surface area contributed by atoms with Gasteiger partial charge in [-0.15, -0.1) is 0 Å². The lowest BCUT2D eigenvalue weighted by molar-refractivity contribution is 0.146. The summed E-state index contributed by atoms with van der Waals surface area (Å²) in [6.45, 7) is 2.84. The first-order valence-corrected chi connectivity index (χ1v) is 7.22. The zero-order valence-electron chi connectivity index (χ0n) is 12.0. The van der Waals surface area contributed by atoms with Crippen molar-refractivity contribution in [2.45, 2.75) is 44.7 Å². The van der Waals surface area contributed by atoms with Crippen LogP contribution in [0.25, 0.3) is 0 Å². The van der Waals surface area contributed by atoms with Gasteiger partial charge in [-0.05, 0) is 25.7 Å². The summed E-state index contributed by atoms with van der Waals surface area (Å²) in [7, 11) is 1.93. The van der Waals surface area contributed by atoms with Crippen molar-refractivity contribution in [1.82, 2.24) is 15.1 Å². The molecule has 0 radical (unpaired) electrons. The molecule has 5 heteroatoms. The van der Waals surface area contributed by atoms with Gasteiger partial charge in [-0.3, -0.25) is 4.68 Å². The molecule has 0 spiro atoms. The SMILES string of the molecule is Cc1nn(C)cc1C(CN)NC1CCCCC1CO. The van der Waals surface area contributed by atoms with Crippen molar-refractivity contribution in [3.8, 4) is 0 Å². The molecule has 2 rings (SSSR count). The fourth-order valence-corrected chi connectivity index (χ4v) is 3.15. The summed E-state index contributed by atoms with van der Waals surface area (Å²) >= 11 is 0. The molecule has 1 heterocycles. The number of aryl methyl sites for hydroxylation is 2. The number of aromatic nitrogens is 2. The first kappa shape index (κ1) is 14.5. The maximum atomic E-state index is 9.49. The molecule has 1 aliphatic rings. The predicted octanol–water partition coefficient (Wildman–Crippen LogP) is 0.869. The highest BCUT2D eigenvalue weighted by atomic mass is 16.3. The standard InChI is InChI=1S/C14H26N4O/c1-10-12(8-18(2)17-10)14(7-15)16-13-6-4-3-5-11(13)9-19/h8,11,13-14,16,19H,3-7,9,15H2,1-2H3. The van der Waals surface area contributed by atoms with Crippen LogP contribution < -0.4 is 11.1 Å². The van der Waals surface area contributed by atoms with Crippen molar-refractivity contribution >= 4 is 0 Å². The second kappa shape index (κ2) is 6.50. The molecule has 1 aromatic rings. The quantitative estimate of drug-likeness (QED) is 0.739. The van der Waals surface area contributed by atoms with Gasteiger partial charge < -0.3 is 16.2 Å². The smallest absolute Gasteiger partial charge is 0.0641 e. The summed E-state index contributed by atoms with van der Waals surface area (Å²) in [5.41, 5.74) is 8.13. The Hall–Kier alpha value is -0.910. The fraction of sp³-hybridized carbons (Fsp3) is 0.786. The van der Waals surface area contributed by atoms with Crippen molar-refractivity contribution in [3.63, 3.8) is 0 Å². The highest BCUT2D eigenvalue weighted by Gasteiger charge is 2.27. The van der Waals surface area contributed by atoms with Crippen LogP contribution in [0.3, 0.4) is 0 Å². The van der Waals surface area contributed by atoms with Crippen LogP contribution in [0.15, 0.2) is 6.20 Å². The van der Waals surface area contributed by atoms with E-state index in [9.17, 15) is 5.11 Å². The molecule has 0 aliphatic heterocycles. The molecular weight excluding hydrogens is 240 g/mol. The van der Waals surface area contributed by atoms with E-state index in [1.807, 2.05) is 24.9 Å². The molecule has 3 unspecified atom stereocenters. The summed E-state index contributed by atoms with van der Waals surface area (Å²) in [4.78, 5) is 0. The largest absolute Gasteiger partial charge is 0.396 e. The van der Waals surface area contributed by atoms with E-state index in [2.05, 4.69) is 10.4 Å². The molecule has 3 atom stereocenters. The molecule has 19 heavy (non-hydrogen) atoms. The third kappa shape index (κ3) is 3.35. The first-order chi connectivity index (χ1) is 9.15. The molecule has 1 aliphatic carbocycles. The van der Waals surface area contributed by atoms with E-state index < -0.39 is 0 Å². The molecule has 0 aromatic carbocycles. The molecule has 1 aromatic heterocycles. The van der Waals surface area contributed by atoms with Gasteiger partial charge in [-0.2, -0.15) is 5.10 Å². The normalized spacial score (nSPS) is 25.5. The van der Waals surface area contributed by atoms with Crippen molar-refractivity contribution in [3.05, 3.63) is 17.5 Å². The minimum Gasteiger partial charge on any atom is -0.396 e. The summed E-state index contributed by atoms with van der Waals surface area (Å²) in [5, 5.41) is 17.5. The van der Waals surface area contributed by atoms with E-state index >= 15 is 0 Å². The number of hydrogen-bond acceptors (Lipinski definition) is 4. The molecule has 0 saturated heterocycles. The topological polar surface area (TPSA) is 76.1 Å². The second-order valence-electron chi connectivity index (χ2n) is 5.63. The van der Waals surface area contributed by atoms with Crippen LogP contribution in [-0.2, 0) is 7.05 Å². The van der Waals surface area contributed by atoms with Crippen molar-refractivity contribution in [2.75, 3.05) is 13.2 Å². The molecule has 5 nitrogen and oxygen atoms in total. The summed E-state index contributed by atoms with van der Waals surface area (Å²) in [6, 6.07) is 0.498.